The van der Waals surface area contributed by atoms with Crippen molar-refractivity contribution in [3.63, 3.8) is 0 Å². The smallest absolute Gasteiger partial charge is 0.257 e. The highest BCUT2D eigenvalue weighted by molar-refractivity contribution is 5.94. The van der Waals surface area contributed by atoms with Crippen LogP contribution in [-0.4, -0.2) is 58.9 Å². The van der Waals surface area contributed by atoms with Gasteiger partial charge in [0.2, 0.25) is 0 Å². The first-order valence-electron chi connectivity index (χ1n) is 8.19. The molecule has 1 amide bonds. The molecule has 1 unspecified atom stereocenters. The molecule has 1 aliphatic heterocycles. The first-order chi connectivity index (χ1) is 10.4. The second kappa shape index (κ2) is 7.18. The summed E-state index contributed by atoms with van der Waals surface area (Å²) in [6.45, 7) is 7.67. The van der Waals surface area contributed by atoms with Gasteiger partial charge in [0.15, 0.2) is 0 Å². The third-order valence-corrected chi connectivity index (χ3v) is 4.46. The summed E-state index contributed by atoms with van der Waals surface area (Å²) in [5, 5.41) is 0. The summed E-state index contributed by atoms with van der Waals surface area (Å²) < 4.78 is 0. The summed E-state index contributed by atoms with van der Waals surface area (Å²) in [5.74, 6) is 1.16. The molecule has 22 heavy (non-hydrogen) atoms. The molecule has 5 nitrogen and oxygen atoms in total. The average Bonchev–Trinajstić information content (AvgIpc) is 2.72. The Morgan fingerprint density at radius 3 is 2.64 bits per heavy atom. The molecule has 5 heteroatoms. The SMILES string of the molecule is Cc1nc(C(C)C)ncc1C(=O)N1CCCC(N(C)C)CC1. The first kappa shape index (κ1) is 16.9. The minimum Gasteiger partial charge on any atom is -0.338 e. The molecule has 1 aliphatic rings. The van der Waals surface area contributed by atoms with Gasteiger partial charge in [0, 0.05) is 31.2 Å². The maximum Gasteiger partial charge on any atom is 0.257 e. The topological polar surface area (TPSA) is 49.3 Å². The Morgan fingerprint density at radius 2 is 2.05 bits per heavy atom. The fourth-order valence-corrected chi connectivity index (χ4v) is 2.94. The zero-order valence-corrected chi connectivity index (χ0v) is 14.5. The Morgan fingerprint density at radius 1 is 1.32 bits per heavy atom. The van der Waals surface area contributed by atoms with Crippen molar-refractivity contribution >= 4 is 5.91 Å². The van der Waals surface area contributed by atoms with Crippen molar-refractivity contribution in [2.75, 3.05) is 27.2 Å². The molecule has 2 heterocycles. The van der Waals surface area contributed by atoms with Crippen LogP contribution < -0.4 is 0 Å². The number of carbonyl (C=O) groups is 1. The van der Waals surface area contributed by atoms with Crippen molar-refractivity contribution in [1.29, 1.82) is 0 Å². The predicted octanol–water partition coefficient (Wildman–Crippen LogP) is 2.46. The highest BCUT2D eigenvalue weighted by Crippen LogP contribution is 2.18. The van der Waals surface area contributed by atoms with E-state index in [1.54, 1.807) is 6.20 Å². The van der Waals surface area contributed by atoms with Crippen molar-refractivity contribution in [3.05, 3.63) is 23.3 Å². The lowest BCUT2D eigenvalue weighted by Gasteiger charge is -2.23. The molecule has 0 saturated carbocycles. The number of nitrogens with zero attached hydrogens (tertiary/aromatic N) is 4. The lowest BCUT2D eigenvalue weighted by atomic mass is 10.1. The van der Waals surface area contributed by atoms with Gasteiger partial charge in [-0.15, -0.1) is 0 Å². The highest BCUT2D eigenvalue weighted by Gasteiger charge is 2.24. The van der Waals surface area contributed by atoms with Gasteiger partial charge in [0.1, 0.15) is 5.82 Å². The second-order valence-electron chi connectivity index (χ2n) is 6.72. The predicted molar refractivity (Wildman–Crippen MR) is 88.1 cm³/mol. The maximum absolute atomic E-state index is 12.8. The van der Waals surface area contributed by atoms with E-state index >= 15 is 0 Å². The number of rotatable bonds is 3. The van der Waals surface area contributed by atoms with E-state index in [2.05, 4.69) is 42.8 Å². The van der Waals surface area contributed by atoms with E-state index in [0.717, 1.165) is 43.9 Å². The molecule has 0 spiro atoms. The molecule has 1 aromatic heterocycles. The van der Waals surface area contributed by atoms with E-state index in [-0.39, 0.29) is 11.8 Å². The Labute approximate surface area is 133 Å². The normalized spacial score (nSPS) is 19.6. The third kappa shape index (κ3) is 3.83. The van der Waals surface area contributed by atoms with Crippen molar-refractivity contribution < 1.29 is 4.79 Å². The maximum atomic E-state index is 12.8. The molecule has 0 aliphatic carbocycles. The van der Waals surface area contributed by atoms with Gasteiger partial charge in [-0.3, -0.25) is 4.79 Å². The molecule has 1 saturated heterocycles. The molecule has 0 bridgehead atoms. The number of hydrogen-bond acceptors (Lipinski definition) is 4. The second-order valence-corrected chi connectivity index (χ2v) is 6.72. The van der Waals surface area contributed by atoms with Crippen LogP contribution >= 0.6 is 0 Å². The number of carbonyl (C=O) groups excluding carboxylic acids is 1. The molecule has 1 atom stereocenters. The summed E-state index contributed by atoms with van der Waals surface area (Å²) in [4.78, 5) is 25.8. The van der Waals surface area contributed by atoms with Gasteiger partial charge in [-0.05, 0) is 40.3 Å². The van der Waals surface area contributed by atoms with Crippen LogP contribution in [0.25, 0.3) is 0 Å². The monoisotopic (exact) mass is 304 g/mol. The van der Waals surface area contributed by atoms with Gasteiger partial charge in [-0.2, -0.15) is 0 Å². The summed E-state index contributed by atoms with van der Waals surface area (Å²) in [7, 11) is 4.23. The molecule has 0 N–H and O–H groups in total. The standard InChI is InChI=1S/C17H28N4O/c1-12(2)16-18-11-15(13(3)19-16)17(22)21-9-6-7-14(8-10-21)20(4)5/h11-12,14H,6-10H2,1-5H3. The Hall–Kier alpha value is -1.49. The number of aromatic nitrogens is 2. The number of aryl methyl sites for hydroxylation is 1. The fourth-order valence-electron chi connectivity index (χ4n) is 2.94. The zero-order valence-electron chi connectivity index (χ0n) is 14.5. The van der Waals surface area contributed by atoms with Gasteiger partial charge in [-0.25, -0.2) is 9.97 Å². The van der Waals surface area contributed by atoms with E-state index in [0.29, 0.717) is 11.6 Å². The minimum absolute atomic E-state index is 0.0761. The van der Waals surface area contributed by atoms with Gasteiger partial charge in [-0.1, -0.05) is 13.8 Å². The van der Waals surface area contributed by atoms with E-state index in [1.165, 1.54) is 0 Å². The molecule has 0 radical (unpaired) electrons. The van der Waals surface area contributed by atoms with Gasteiger partial charge < -0.3 is 9.80 Å². The van der Waals surface area contributed by atoms with Crippen LogP contribution in [-0.2, 0) is 0 Å². The van der Waals surface area contributed by atoms with Gasteiger partial charge in [0.25, 0.3) is 5.91 Å². The number of likely N-dealkylation sites (tertiary alicyclic amines) is 1. The molecule has 1 fully saturated rings. The lowest BCUT2D eigenvalue weighted by molar-refractivity contribution is 0.0756. The van der Waals surface area contributed by atoms with Crippen molar-refractivity contribution in [2.24, 2.45) is 0 Å². The average molecular weight is 304 g/mol. The zero-order chi connectivity index (χ0) is 16.3. The van der Waals surface area contributed by atoms with Crippen LogP contribution in [0, 0.1) is 6.92 Å². The summed E-state index contributed by atoms with van der Waals surface area (Å²) in [6.07, 6.45) is 4.94. The molecular formula is C17H28N4O. The third-order valence-electron chi connectivity index (χ3n) is 4.46. The quantitative estimate of drug-likeness (QED) is 0.861. The highest BCUT2D eigenvalue weighted by atomic mass is 16.2. The van der Waals surface area contributed by atoms with Crippen LogP contribution in [0.15, 0.2) is 6.20 Å². The van der Waals surface area contributed by atoms with E-state index in [4.69, 9.17) is 0 Å². The van der Waals surface area contributed by atoms with Gasteiger partial charge in [0.05, 0.1) is 11.3 Å². The van der Waals surface area contributed by atoms with Crippen molar-refractivity contribution in [3.8, 4) is 0 Å². The first-order valence-corrected chi connectivity index (χ1v) is 8.19. The van der Waals surface area contributed by atoms with Crippen molar-refractivity contribution in [1.82, 2.24) is 19.8 Å². The molecule has 122 valence electrons. The van der Waals surface area contributed by atoms with E-state index in [1.807, 2.05) is 11.8 Å². The van der Waals surface area contributed by atoms with Crippen LogP contribution in [0.4, 0.5) is 0 Å². The molecule has 2 rings (SSSR count). The van der Waals surface area contributed by atoms with E-state index in [9.17, 15) is 4.79 Å². The summed E-state index contributed by atoms with van der Waals surface area (Å²) >= 11 is 0. The Bertz CT molecular complexity index is 527. The molecule has 0 aromatic carbocycles. The van der Waals surface area contributed by atoms with Crippen molar-refractivity contribution in [2.45, 2.75) is 52.0 Å². The molecule has 1 aromatic rings. The molecular weight excluding hydrogens is 276 g/mol. The van der Waals surface area contributed by atoms with Crippen LogP contribution in [0.5, 0.6) is 0 Å². The largest absolute Gasteiger partial charge is 0.338 e. The minimum atomic E-state index is 0.0761. The van der Waals surface area contributed by atoms with E-state index < -0.39 is 0 Å². The Kier molecular flexibility index (Phi) is 5.51. The van der Waals surface area contributed by atoms with Crippen LogP contribution in [0.3, 0.4) is 0 Å². The fraction of sp³-hybridized carbons (Fsp3) is 0.706. The van der Waals surface area contributed by atoms with Crippen LogP contribution in [0.1, 0.15) is 60.9 Å². The number of amides is 1. The summed E-state index contributed by atoms with van der Waals surface area (Å²) in [5.41, 5.74) is 1.44. The number of hydrogen-bond donors (Lipinski definition) is 0. The lowest BCUT2D eigenvalue weighted by Crippen LogP contribution is -2.34. The van der Waals surface area contributed by atoms with Gasteiger partial charge >= 0.3 is 0 Å². The Balaban J connectivity index is 2.11. The van der Waals surface area contributed by atoms with Crippen LogP contribution in [0.2, 0.25) is 0 Å². The summed E-state index contributed by atoms with van der Waals surface area (Å²) in [6, 6.07) is 0.568.